The maximum atomic E-state index is 12.2. The summed E-state index contributed by atoms with van der Waals surface area (Å²) in [4.78, 5) is 17.6. The standard InChI is InChI=1S/C16H15N5O/c1-20(16(17)18)15(22)11-7-9-21(10-11)14-6-2-5-13-12(14)4-3-8-19-13/h2-10H,1H3,(H3,17,18). The number of fused-ring (bicyclic) bond motifs is 1. The number of aromatic nitrogens is 2. The number of guanidine groups is 1. The van der Waals surface area contributed by atoms with E-state index < -0.39 is 0 Å². The molecule has 0 fully saturated rings. The van der Waals surface area contributed by atoms with Crippen LogP contribution in [0.15, 0.2) is 55.0 Å². The highest BCUT2D eigenvalue weighted by molar-refractivity contribution is 6.04. The van der Waals surface area contributed by atoms with Crippen molar-refractivity contribution in [3.63, 3.8) is 0 Å². The van der Waals surface area contributed by atoms with E-state index in [2.05, 4.69) is 4.98 Å². The summed E-state index contributed by atoms with van der Waals surface area (Å²) in [5, 5.41) is 8.33. The van der Waals surface area contributed by atoms with Gasteiger partial charge in [-0.2, -0.15) is 0 Å². The maximum absolute atomic E-state index is 12.2. The summed E-state index contributed by atoms with van der Waals surface area (Å²) in [6.45, 7) is 0. The first-order valence-corrected chi connectivity index (χ1v) is 6.72. The number of amides is 1. The normalized spacial score (nSPS) is 10.6. The van der Waals surface area contributed by atoms with Crippen molar-refractivity contribution in [2.45, 2.75) is 0 Å². The van der Waals surface area contributed by atoms with Gasteiger partial charge in [-0.05, 0) is 30.3 Å². The lowest BCUT2D eigenvalue weighted by atomic mass is 10.2. The first-order chi connectivity index (χ1) is 10.6. The number of nitrogens with two attached hydrogens (primary N) is 1. The van der Waals surface area contributed by atoms with E-state index in [0.717, 1.165) is 21.5 Å². The Bertz CT molecular complexity index is 862. The fraction of sp³-hybridized carbons (Fsp3) is 0.0625. The average molecular weight is 293 g/mol. The molecule has 0 spiro atoms. The topological polar surface area (TPSA) is 88.0 Å². The van der Waals surface area contributed by atoms with Gasteiger partial charge in [0, 0.05) is 31.0 Å². The Morgan fingerprint density at radius 1 is 1.27 bits per heavy atom. The SMILES string of the molecule is CN(C(=N)N)C(=O)c1ccn(-c2cccc3ncccc23)c1. The summed E-state index contributed by atoms with van der Waals surface area (Å²) in [6, 6.07) is 11.4. The van der Waals surface area contributed by atoms with E-state index in [-0.39, 0.29) is 11.9 Å². The van der Waals surface area contributed by atoms with E-state index in [1.807, 2.05) is 41.1 Å². The first-order valence-electron chi connectivity index (χ1n) is 6.72. The van der Waals surface area contributed by atoms with Gasteiger partial charge >= 0.3 is 0 Å². The summed E-state index contributed by atoms with van der Waals surface area (Å²) in [7, 11) is 1.48. The molecule has 0 aliphatic heterocycles. The molecule has 1 aromatic carbocycles. The smallest absolute Gasteiger partial charge is 0.261 e. The van der Waals surface area contributed by atoms with Crippen LogP contribution in [0.2, 0.25) is 0 Å². The van der Waals surface area contributed by atoms with Crippen molar-refractivity contribution in [1.29, 1.82) is 5.41 Å². The highest BCUT2D eigenvalue weighted by atomic mass is 16.2. The van der Waals surface area contributed by atoms with E-state index >= 15 is 0 Å². The van der Waals surface area contributed by atoms with Crippen molar-refractivity contribution < 1.29 is 4.79 Å². The van der Waals surface area contributed by atoms with Crippen LogP contribution in [-0.2, 0) is 0 Å². The van der Waals surface area contributed by atoms with E-state index in [1.165, 1.54) is 7.05 Å². The Kier molecular flexibility index (Phi) is 3.34. The van der Waals surface area contributed by atoms with Crippen LogP contribution >= 0.6 is 0 Å². The fourth-order valence-corrected chi connectivity index (χ4v) is 2.29. The molecular weight excluding hydrogens is 278 g/mol. The molecule has 22 heavy (non-hydrogen) atoms. The second-order valence-electron chi connectivity index (χ2n) is 4.90. The molecule has 110 valence electrons. The van der Waals surface area contributed by atoms with E-state index in [1.54, 1.807) is 18.5 Å². The van der Waals surface area contributed by atoms with Crippen molar-refractivity contribution in [3.05, 3.63) is 60.6 Å². The first kappa shape index (κ1) is 13.8. The number of carbonyl (C=O) groups excluding carboxylic acids is 1. The molecule has 3 rings (SSSR count). The number of benzene rings is 1. The molecule has 0 atom stereocenters. The number of hydrogen-bond acceptors (Lipinski definition) is 3. The number of carbonyl (C=O) groups is 1. The fourth-order valence-electron chi connectivity index (χ4n) is 2.29. The Morgan fingerprint density at radius 2 is 2.09 bits per heavy atom. The minimum Gasteiger partial charge on any atom is -0.370 e. The lowest BCUT2D eigenvalue weighted by molar-refractivity contribution is 0.0869. The summed E-state index contributed by atoms with van der Waals surface area (Å²) >= 11 is 0. The third kappa shape index (κ3) is 2.31. The van der Waals surface area contributed by atoms with Crippen LogP contribution in [0.5, 0.6) is 0 Å². The number of hydrogen-bond donors (Lipinski definition) is 2. The van der Waals surface area contributed by atoms with Crippen LogP contribution in [0.3, 0.4) is 0 Å². The van der Waals surface area contributed by atoms with E-state index in [0.29, 0.717) is 5.56 Å². The molecule has 2 aromatic heterocycles. The zero-order chi connectivity index (χ0) is 15.7. The highest BCUT2D eigenvalue weighted by Gasteiger charge is 2.15. The van der Waals surface area contributed by atoms with Crippen LogP contribution in [0.4, 0.5) is 0 Å². The Labute approximate surface area is 127 Å². The molecule has 2 heterocycles. The van der Waals surface area contributed by atoms with E-state index in [4.69, 9.17) is 11.1 Å². The maximum Gasteiger partial charge on any atom is 0.261 e. The minimum absolute atomic E-state index is 0.285. The second-order valence-corrected chi connectivity index (χ2v) is 4.90. The number of pyridine rings is 1. The summed E-state index contributed by atoms with van der Waals surface area (Å²) < 4.78 is 1.87. The Morgan fingerprint density at radius 3 is 2.86 bits per heavy atom. The predicted octanol–water partition coefficient (Wildman–Crippen LogP) is 1.99. The predicted molar refractivity (Wildman–Crippen MR) is 85.1 cm³/mol. The van der Waals surface area contributed by atoms with Gasteiger partial charge in [0.2, 0.25) is 0 Å². The van der Waals surface area contributed by atoms with Crippen LogP contribution in [0.1, 0.15) is 10.4 Å². The van der Waals surface area contributed by atoms with Gasteiger partial charge in [-0.3, -0.25) is 20.1 Å². The number of nitrogens with zero attached hydrogens (tertiary/aromatic N) is 3. The van der Waals surface area contributed by atoms with Crippen LogP contribution in [0.25, 0.3) is 16.6 Å². The monoisotopic (exact) mass is 293 g/mol. The lowest BCUT2D eigenvalue weighted by Gasteiger charge is -2.13. The van der Waals surface area contributed by atoms with Gasteiger partial charge in [-0.25, -0.2) is 0 Å². The van der Waals surface area contributed by atoms with Crippen molar-refractivity contribution in [2.75, 3.05) is 7.05 Å². The van der Waals surface area contributed by atoms with Crippen molar-refractivity contribution in [2.24, 2.45) is 5.73 Å². The molecule has 3 N–H and O–H groups in total. The summed E-state index contributed by atoms with van der Waals surface area (Å²) in [5.74, 6) is -0.600. The number of nitrogens with one attached hydrogen (secondary N) is 1. The molecule has 0 aliphatic rings. The summed E-state index contributed by atoms with van der Waals surface area (Å²) in [5.41, 5.74) is 7.64. The zero-order valence-electron chi connectivity index (χ0n) is 12.0. The van der Waals surface area contributed by atoms with Gasteiger partial charge in [0.25, 0.3) is 5.91 Å². The molecule has 6 nitrogen and oxygen atoms in total. The molecule has 0 saturated carbocycles. The molecule has 0 radical (unpaired) electrons. The molecular formula is C16H15N5O. The van der Waals surface area contributed by atoms with Gasteiger partial charge in [0.15, 0.2) is 5.96 Å². The van der Waals surface area contributed by atoms with Gasteiger partial charge in [0.05, 0.1) is 16.8 Å². The van der Waals surface area contributed by atoms with Crippen LogP contribution < -0.4 is 5.73 Å². The quantitative estimate of drug-likeness (QED) is 0.559. The van der Waals surface area contributed by atoms with E-state index in [9.17, 15) is 4.79 Å². The third-order valence-corrected chi connectivity index (χ3v) is 3.51. The Hall–Kier alpha value is -3.15. The second kappa shape index (κ2) is 5.33. The van der Waals surface area contributed by atoms with Gasteiger partial charge in [-0.15, -0.1) is 0 Å². The molecule has 3 aromatic rings. The molecule has 1 amide bonds. The molecule has 0 aliphatic carbocycles. The molecule has 0 unspecified atom stereocenters. The Balaban J connectivity index is 2.03. The summed E-state index contributed by atoms with van der Waals surface area (Å²) in [6.07, 6.45) is 5.28. The largest absolute Gasteiger partial charge is 0.370 e. The van der Waals surface area contributed by atoms with Crippen LogP contribution in [0, 0.1) is 5.41 Å². The minimum atomic E-state index is -0.315. The lowest BCUT2D eigenvalue weighted by Crippen LogP contribution is -2.37. The van der Waals surface area contributed by atoms with Crippen molar-refractivity contribution in [3.8, 4) is 5.69 Å². The van der Waals surface area contributed by atoms with Crippen molar-refractivity contribution in [1.82, 2.24) is 14.5 Å². The van der Waals surface area contributed by atoms with Gasteiger partial charge in [-0.1, -0.05) is 6.07 Å². The highest BCUT2D eigenvalue weighted by Crippen LogP contribution is 2.21. The molecule has 0 saturated heterocycles. The van der Waals surface area contributed by atoms with Crippen molar-refractivity contribution >= 4 is 22.8 Å². The molecule has 0 bridgehead atoms. The third-order valence-electron chi connectivity index (χ3n) is 3.51. The van der Waals surface area contributed by atoms with Gasteiger partial charge in [0.1, 0.15) is 0 Å². The van der Waals surface area contributed by atoms with Gasteiger partial charge < -0.3 is 10.3 Å². The molecule has 6 heteroatoms. The average Bonchev–Trinajstić information content (AvgIpc) is 3.02. The van der Waals surface area contributed by atoms with Crippen LogP contribution in [-0.4, -0.2) is 33.4 Å². The number of rotatable bonds is 2. The zero-order valence-corrected chi connectivity index (χ0v) is 12.0.